The largest absolute Gasteiger partial charge is 0.350 e. The minimum atomic E-state index is -3.92. The summed E-state index contributed by atoms with van der Waals surface area (Å²) < 4.78 is 39.6. The lowest BCUT2D eigenvalue weighted by Gasteiger charge is -2.34. The fraction of sp³-hybridized carbons (Fsp3) is 0.417. The standard InChI is InChI=1S/C24H31ClFN3O4S/c1-6-21(23(31)27-24(2,3)4)28(15-17-10-12-18(25)13-11-17)22(30)16-29(34(5,32)33)20-9-7-8-19(26)14-20/h7-14,21H,6,15-16H2,1-5H3,(H,27,31)/t21-/m0/s1. The van der Waals surface area contributed by atoms with E-state index in [-0.39, 0.29) is 18.1 Å². The van der Waals surface area contributed by atoms with Gasteiger partial charge in [0.1, 0.15) is 18.4 Å². The zero-order valence-electron chi connectivity index (χ0n) is 20.0. The quantitative estimate of drug-likeness (QED) is 0.552. The highest BCUT2D eigenvalue weighted by Crippen LogP contribution is 2.21. The summed E-state index contributed by atoms with van der Waals surface area (Å²) in [6.45, 7) is 6.74. The van der Waals surface area contributed by atoms with Crippen LogP contribution >= 0.6 is 11.6 Å². The first-order valence-electron chi connectivity index (χ1n) is 10.8. The molecule has 0 saturated carbocycles. The van der Waals surface area contributed by atoms with Gasteiger partial charge in [-0.3, -0.25) is 13.9 Å². The van der Waals surface area contributed by atoms with E-state index in [0.717, 1.165) is 22.2 Å². The van der Waals surface area contributed by atoms with E-state index in [4.69, 9.17) is 11.6 Å². The molecule has 0 aromatic heterocycles. The molecule has 2 aromatic carbocycles. The van der Waals surface area contributed by atoms with E-state index in [2.05, 4.69) is 5.32 Å². The lowest BCUT2D eigenvalue weighted by molar-refractivity contribution is -0.141. The molecule has 2 aromatic rings. The molecule has 0 bridgehead atoms. The van der Waals surface area contributed by atoms with Crippen molar-refractivity contribution in [2.24, 2.45) is 0 Å². The molecule has 7 nitrogen and oxygen atoms in total. The smallest absolute Gasteiger partial charge is 0.244 e. The molecule has 2 rings (SSSR count). The summed E-state index contributed by atoms with van der Waals surface area (Å²) in [6.07, 6.45) is 1.25. The van der Waals surface area contributed by atoms with Crippen LogP contribution in [0.4, 0.5) is 10.1 Å². The fourth-order valence-corrected chi connectivity index (χ4v) is 4.37. The van der Waals surface area contributed by atoms with Crippen molar-refractivity contribution in [2.45, 2.75) is 52.2 Å². The molecule has 0 radical (unpaired) electrons. The molecule has 0 saturated heterocycles. The number of amides is 2. The highest BCUT2D eigenvalue weighted by Gasteiger charge is 2.33. The summed E-state index contributed by atoms with van der Waals surface area (Å²) in [5.74, 6) is -1.58. The van der Waals surface area contributed by atoms with Crippen molar-refractivity contribution >= 4 is 39.1 Å². The van der Waals surface area contributed by atoms with Gasteiger partial charge in [-0.15, -0.1) is 0 Å². The van der Waals surface area contributed by atoms with Crippen LogP contribution in [0, 0.1) is 5.82 Å². The lowest BCUT2D eigenvalue weighted by atomic mass is 10.1. The number of nitrogens with zero attached hydrogens (tertiary/aromatic N) is 2. The fourth-order valence-electron chi connectivity index (χ4n) is 3.40. The maximum Gasteiger partial charge on any atom is 0.244 e. The number of benzene rings is 2. The molecule has 1 N–H and O–H groups in total. The molecule has 186 valence electrons. The van der Waals surface area contributed by atoms with Crippen LogP contribution in [0.1, 0.15) is 39.7 Å². The maximum absolute atomic E-state index is 13.8. The SMILES string of the molecule is CC[C@@H](C(=O)NC(C)(C)C)N(Cc1ccc(Cl)cc1)C(=O)CN(c1cccc(F)c1)S(C)(=O)=O. The number of sulfonamides is 1. The van der Waals surface area contributed by atoms with Crippen molar-refractivity contribution in [1.82, 2.24) is 10.2 Å². The Kier molecular flexibility index (Phi) is 9.08. The molecule has 0 heterocycles. The lowest BCUT2D eigenvalue weighted by Crippen LogP contribution is -2.55. The molecule has 0 spiro atoms. The predicted octanol–water partition coefficient (Wildman–Crippen LogP) is 3.97. The minimum Gasteiger partial charge on any atom is -0.350 e. The van der Waals surface area contributed by atoms with Crippen molar-refractivity contribution < 1.29 is 22.4 Å². The Hall–Kier alpha value is -2.65. The van der Waals surface area contributed by atoms with Crippen molar-refractivity contribution in [3.8, 4) is 0 Å². The Morgan fingerprint density at radius 3 is 2.24 bits per heavy atom. The van der Waals surface area contributed by atoms with Crippen LogP contribution in [0.2, 0.25) is 5.02 Å². The predicted molar refractivity (Wildman–Crippen MR) is 133 cm³/mol. The van der Waals surface area contributed by atoms with Crippen molar-refractivity contribution in [3.05, 3.63) is 64.9 Å². The number of carbonyl (C=O) groups excluding carboxylic acids is 2. The molecule has 2 amide bonds. The first-order chi connectivity index (χ1) is 15.7. The van der Waals surface area contributed by atoms with Gasteiger partial charge in [0.25, 0.3) is 0 Å². The zero-order valence-corrected chi connectivity index (χ0v) is 21.6. The van der Waals surface area contributed by atoms with Gasteiger partial charge >= 0.3 is 0 Å². The van der Waals surface area contributed by atoms with Crippen molar-refractivity contribution in [3.63, 3.8) is 0 Å². The summed E-state index contributed by atoms with van der Waals surface area (Å²) in [5.41, 5.74) is 0.214. The molecule has 1 atom stereocenters. The molecule has 0 unspecified atom stereocenters. The first-order valence-corrected chi connectivity index (χ1v) is 13.0. The van der Waals surface area contributed by atoms with E-state index in [0.29, 0.717) is 11.4 Å². The Morgan fingerprint density at radius 1 is 1.12 bits per heavy atom. The highest BCUT2D eigenvalue weighted by atomic mass is 35.5. The van der Waals surface area contributed by atoms with Gasteiger partial charge in [-0.1, -0.05) is 36.7 Å². The molecule has 0 aliphatic heterocycles. The number of carbonyl (C=O) groups is 2. The normalized spacial score (nSPS) is 12.7. The number of hydrogen-bond donors (Lipinski definition) is 1. The van der Waals surface area contributed by atoms with E-state index in [9.17, 15) is 22.4 Å². The van der Waals surface area contributed by atoms with Gasteiger partial charge in [-0.2, -0.15) is 0 Å². The molecule has 10 heteroatoms. The van der Waals surface area contributed by atoms with Crippen molar-refractivity contribution in [2.75, 3.05) is 17.1 Å². The summed E-state index contributed by atoms with van der Waals surface area (Å²) in [4.78, 5) is 27.9. The third-order valence-corrected chi connectivity index (χ3v) is 6.32. The van der Waals surface area contributed by atoms with E-state index in [1.54, 1.807) is 31.2 Å². The molecule has 0 aliphatic carbocycles. The van der Waals surface area contributed by atoms with Gasteiger partial charge < -0.3 is 10.2 Å². The average Bonchev–Trinajstić information content (AvgIpc) is 2.71. The second-order valence-electron chi connectivity index (χ2n) is 9.06. The number of anilines is 1. The summed E-state index contributed by atoms with van der Waals surface area (Å²) in [5, 5.41) is 3.41. The highest BCUT2D eigenvalue weighted by molar-refractivity contribution is 7.92. The third kappa shape index (κ3) is 7.99. The number of rotatable bonds is 9. The van der Waals surface area contributed by atoms with Crippen molar-refractivity contribution in [1.29, 1.82) is 0 Å². The Labute approximate surface area is 205 Å². The Bertz CT molecular complexity index is 1120. The average molecular weight is 512 g/mol. The first kappa shape index (κ1) is 27.6. The molecular weight excluding hydrogens is 481 g/mol. The van der Waals surface area contributed by atoms with Gasteiger partial charge in [-0.05, 0) is 63.1 Å². The number of halogens is 2. The Balaban J connectivity index is 2.45. The third-order valence-electron chi connectivity index (χ3n) is 4.93. The van der Waals surface area contributed by atoms with Gasteiger partial charge in [0.05, 0.1) is 11.9 Å². The van der Waals surface area contributed by atoms with Crippen LogP contribution in [-0.2, 0) is 26.2 Å². The molecular formula is C24H31ClFN3O4S. The van der Waals surface area contributed by atoms with E-state index < -0.39 is 39.9 Å². The molecule has 34 heavy (non-hydrogen) atoms. The molecule has 0 aliphatic rings. The van der Waals surface area contributed by atoms with Gasteiger partial charge in [0.2, 0.25) is 21.8 Å². The van der Waals surface area contributed by atoms with Crippen LogP contribution in [0.15, 0.2) is 48.5 Å². The monoisotopic (exact) mass is 511 g/mol. The van der Waals surface area contributed by atoms with Crippen LogP contribution in [-0.4, -0.2) is 49.5 Å². The topological polar surface area (TPSA) is 86.8 Å². The van der Waals surface area contributed by atoms with Gasteiger partial charge in [-0.25, -0.2) is 12.8 Å². The number of hydrogen-bond acceptors (Lipinski definition) is 4. The van der Waals surface area contributed by atoms with Crippen LogP contribution < -0.4 is 9.62 Å². The maximum atomic E-state index is 13.8. The van der Waals surface area contributed by atoms with Gasteiger partial charge in [0, 0.05) is 17.1 Å². The second-order valence-corrected chi connectivity index (χ2v) is 11.4. The van der Waals surface area contributed by atoms with E-state index in [1.807, 2.05) is 20.8 Å². The van der Waals surface area contributed by atoms with E-state index >= 15 is 0 Å². The van der Waals surface area contributed by atoms with Crippen LogP contribution in [0.5, 0.6) is 0 Å². The molecule has 0 fully saturated rings. The van der Waals surface area contributed by atoms with Crippen LogP contribution in [0.3, 0.4) is 0 Å². The summed E-state index contributed by atoms with van der Waals surface area (Å²) in [7, 11) is -3.92. The zero-order chi connectivity index (χ0) is 25.7. The van der Waals surface area contributed by atoms with Gasteiger partial charge in [0.15, 0.2) is 0 Å². The second kappa shape index (κ2) is 11.2. The summed E-state index contributed by atoms with van der Waals surface area (Å²) >= 11 is 5.97. The van der Waals surface area contributed by atoms with E-state index in [1.165, 1.54) is 23.1 Å². The minimum absolute atomic E-state index is 0.0227. The van der Waals surface area contributed by atoms with Crippen LogP contribution in [0.25, 0.3) is 0 Å². The Morgan fingerprint density at radius 2 is 1.74 bits per heavy atom. The number of nitrogens with one attached hydrogen (secondary N) is 1. The summed E-state index contributed by atoms with van der Waals surface area (Å²) in [6, 6.07) is 11.0.